The van der Waals surface area contributed by atoms with Crippen LogP contribution in [-0.2, 0) is 10.3 Å². The summed E-state index contributed by atoms with van der Waals surface area (Å²) in [5, 5.41) is 11.3. The van der Waals surface area contributed by atoms with Gasteiger partial charge >= 0.3 is 0 Å². The van der Waals surface area contributed by atoms with Crippen molar-refractivity contribution in [2.45, 2.75) is 15.4 Å². The zero-order valence-corrected chi connectivity index (χ0v) is 34.1. The third-order valence-electron chi connectivity index (χ3n) is 11.1. The molecule has 0 radical (unpaired) electrons. The Bertz CT molecular complexity index is 2500. The summed E-state index contributed by atoms with van der Waals surface area (Å²) in [5.74, 6) is 4.18. The molecule has 10 heteroatoms. The Kier molecular flexibility index (Phi) is 10.8. The van der Waals surface area contributed by atoms with Gasteiger partial charge in [-0.05, 0) is 82.9 Å². The monoisotopic (exact) mass is 808 g/mol. The summed E-state index contributed by atoms with van der Waals surface area (Å²) in [6.45, 7) is 3.25. The largest absolute Gasteiger partial charge is 0.497 e. The average Bonchev–Trinajstić information content (AvgIpc) is 3.27. The van der Waals surface area contributed by atoms with Crippen LogP contribution in [0.4, 0.5) is 11.4 Å². The van der Waals surface area contributed by atoms with Crippen molar-refractivity contribution in [2.75, 3.05) is 74.9 Å². The van der Waals surface area contributed by atoms with E-state index >= 15 is 0 Å². The van der Waals surface area contributed by atoms with Crippen LogP contribution in [0.15, 0.2) is 146 Å². The van der Waals surface area contributed by atoms with Crippen LogP contribution in [-0.4, -0.2) is 70.2 Å². The van der Waals surface area contributed by atoms with Crippen LogP contribution in [0.1, 0.15) is 16.7 Å². The van der Waals surface area contributed by atoms with Crippen molar-refractivity contribution in [3.05, 3.63) is 154 Å². The first-order valence-electron chi connectivity index (χ1n) is 19.5. The van der Waals surface area contributed by atoms with Gasteiger partial charge in [0.05, 0.1) is 33.1 Å². The van der Waals surface area contributed by atoms with Gasteiger partial charge in [0.25, 0.3) is 0 Å². The van der Waals surface area contributed by atoms with Crippen LogP contribution in [0.2, 0.25) is 0 Å². The van der Waals surface area contributed by atoms with E-state index in [0.717, 1.165) is 80.5 Å². The highest BCUT2D eigenvalue weighted by Crippen LogP contribution is 2.50. The minimum Gasteiger partial charge on any atom is -0.497 e. The fraction of sp³-hybridized carbons (Fsp3) is 0.229. The van der Waals surface area contributed by atoms with Crippen LogP contribution in [0.25, 0.3) is 33.4 Å². The molecule has 0 fully saturated rings. The number of methoxy groups -OCH3 is 2. The summed E-state index contributed by atoms with van der Waals surface area (Å²) in [6.07, 6.45) is 0. The third-order valence-corrected chi connectivity index (χ3v) is 13.2. The second kappa shape index (κ2) is 16.5. The van der Waals surface area contributed by atoms with Crippen molar-refractivity contribution in [1.29, 1.82) is 0 Å². The number of rotatable bonds is 13. The topological polar surface area (TPSA) is 84.6 Å². The molecule has 0 amide bonds. The summed E-state index contributed by atoms with van der Waals surface area (Å²) < 4.78 is 24.8. The van der Waals surface area contributed by atoms with Gasteiger partial charge in [-0.2, -0.15) is 0 Å². The van der Waals surface area contributed by atoms with Gasteiger partial charge in [0, 0.05) is 81.8 Å². The lowest BCUT2D eigenvalue weighted by Crippen LogP contribution is -2.37. The van der Waals surface area contributed by atoms with Crippen molar-refractivity contribution >= 4 is 45.9 Å². The number of aliphatic hydroxyl groups is 1. The number of anilines is 2. The number of thioether (sulfide) groups is 2. The number of aliphatic hydroxyl groups excluding tert-OH is 1. The van der Waals surface area contributed by atoms with Crippen LogP contribution in [0, 0.1) is 0 Å². The Hall–Kier alpha value is -5.39. The number of benzene rings is 6. The van der Waals surface area contributed by atoms with Gasteiger partial charge in [-0.3, -0.25) is 4.79 Å². The number of hydrogen-bond donors (Lipinski definition) is 1. The number of fused-ring (bicyclic) bond motifs is 2. The summed E-state index contributed by atoms with van der Waals surface area (Å²) in [6, 6.07) is 42.2. The van der Waals surface area contributed by atoms with Crippen LogP contribution in [0.3, 0.4) is 0 Å². The minimum atomic E-state index is -0.977. The molecule has 0 bridgehead atoms. The third kappa shape index (κ3) is 7.08. The average molecular weight is 809 g/mol. The van der Waals surface area contributed by atoms with E-state index in [0.29, 0.717) is 31.0 Å². The van der Waals surface area contributed by atoms with Gasteiger partial charge < -0.3 is 33.5 Å². The van der Waals surface area contributed by atoms with Crippen molar-refractivity contribution in [3.63, 3.8) is 0 Å². The molecular formula is C48H44N2O6S2. The van der Waals surface area contributed by atoms with Crippen LogP contribution >= 0.6 is 23.5 Å². The molecule has 9 rings (SSSR count). The molecule has 5 aromatic rings. The summed E-state index contributed by atoms with van der Waals surface area (Å²) in [5.41, 5.74) is 7.75. The zero-order valence-electron chi connectivity index (χ0n) is 32.5. The standard InChI is InChI=1S/C48H44N2O6S2/c1-53-38-14-8-34(9-15-38)48(33-6-4-3-5-7-33,35-10-16-39(54-2)17-11-35)55-25-21-49(20-24-51)36-12-18-40-42(30-36)56-43-31-37(52)13-19-41(43)46(40)32-28-44-47-45(29-32)58-27-23-50(47)22-26-57-44/h3-19,28-31,51H,20-27H2,1-2H3. The zero-order chi connectivity index (χ0) is 39.6. The van der Waals surface area contributed by atoms with Gasteiger partial charge in [-0.15, -0.1) is 23.5 Å². The molecule has 0 aromatic heterocycles. The van der Waals surface area contributed by atoms with E-state index < -0.39 is 5.60 Å². The molecule has 8 nitrogen and oxygen atoms in total. The maximum atomic E-state index is 12.7. The molecule has 3 aliphatic heterocycles. The molecule has 0 saturated carbocycles. The molecule has 0 spiro atoms. The molecule has 0 atom stereocenters. The molecule has 1 aliphatic carbocycles. The van der Waals surface area contributed by atoms with Crippen LogP contribution < -0.4 is 24.7 Å². The van der Waals surface area contributed by atoms with E-state index in [4.69, 9.17) is 18.6 Å². The second-order valence-corrected chi connectivity index (χ2v) is 16.7. The minimum absolute atomic E-state index is 0.0528. The van der Waals surface area contributed by atoms with E-state index in [-0.39, 0.29) is 12.0 Å². The molecule has 58 heavy (non-hydrogen) atoms. The number of nitrogens with zero attached hydrogens (tertiary/aromatic N) is 2. The van der Waals surface area contributed by atoms with Gasteiger partial charge in [-0.1, -0.05) is 54.6 Å². The first kappa shape index (κ1) is 38.1. The molecule has 0 saturated heterocycles. The Morgan fingerprint density at radius 1 is 0.741 bits per heavy atom. The number of hydrogen-bond acceptors (Lipinski definition) is 10. The Labute approximate surface area is 346 Å². The van der Waals surface area contributed by atoms with Gasteiger partial charge in [0.1, 0.15) is 28.4 Å². The van der Waals surface area contributed by atoms with Crippen LogP contribution in [0.5, 0.6) is 11.5 Å². The SMILES string of the molecule is COc1ccc(C(OCCN(CCO)c2ccc3c(-c4cc5c6c(c4)SCCN6CCS5)c4ccc(=O)cc-4oc3c2)(c2ccccc2)c2ccc(OC)cc2)cc1. The van der Waals surface area contributed by atoms with E-state index in [1.807, 2.05) is 102 Å². The Morgan fingerprint density at radius 2 is 1.38 bits per heavy atom. The fourth-order valence-corrected chi connectivity index (χ4v) is 10.7. The highest BCUT2D eigenvalue weighted by molar-refractivity contribution is 8.00. The Balaban J connectivity index is 1.10. The van der Waals surface area contributed by atoms with Crippen molar-refractivity contribution in [1.82, 2.24) is 0 Å². The van der Waals surface area contributed by atoms with E-state index in [1.54, 1.807) is 26.4 Å². The van der Waals surface area contributed by atoms with E-state index in [2.05, 4.69) is 46.2 Å². The highest BCUT2D eigenvalue weighted by Gasteiger charge is 2.38. The molecule has 0 unspecified atom stereocenters. The van der Waals surface area contributed by atoms with Gasteiger partial charge in [-0.25, -0.2) is 0 Å². The molecule has 5 aromatic carbocycles. The maximum Gasteiger partial charge on any atom is 0.182 e. The molecule has 1 N–H and O–H groups in total. The normalized spacial score (nSPS) is 13.7. The lowest BCUT2D eigenvalue weighted by Gasteiger charge is -2.37. The molecule has 4 aliphatic rings. The van der Waals surface area contributed by atoms with Crippen molar-refractivity contribution in [3.8, 4) is 33.9 Å². The Morgan fingerprint density at radius 3 is 2.00 bits per heavy atom. The lowest BCUT2D eigenvalue weighted by molar-refractivity contribution is 0.0170. The van der Waals surface area contributed by atoms with Gasteiger partial charge in [0.15, 0.2) is 5.43 Å². The van der Waals surface area contributed by atoms with Crippen molar-refractivity contribution in [2.24, 2.45) is 0 Å². The maximum absolute atomic E-state index is 12.7. The lowest BCUT2D eigenvalue weighted by atomic mass is 9.80. The smallest absolute Gasteiger partial charge is 0.182 e. The van der Waals surface area contributed by atoms with E-state index in [1.165, 1.54) is 15.5 Å². The number of ether oxygens (including phenoxy) is 3. The summed E-state index contributed by atoms with van der Waals surface area (Å²) in [4.78, 5) is 19.9. The summed E-state index contributed by atoms with van der Waals surface area (Å²) in [7, 11) is 3.32. The quantitative estimate of drug-likeness (QED) is 0.0899. The molecular weight excluding hydrogens is 765 g/mol. The molecule has 3 heterocycles. The first-order chi connectivity index (χ1) is 28.5. The predicted molar refractivity (Wildman–Crippen MR) is 236 cm³/mol. The molecule has 294 valence electrons. The van der Waals surface area contributed by atoms with Gasteiger partial charge in [0.2, 0.25) is 0 Å². The van der Waals surface area contributed by atoms with E-state index in [9.17, 15) is 9.90 Å². The van der Waals surface area contributed by atoms with Crippen molar-refractivity contribution < 1.29 is 23.7 Å². The highest BCUT2D eigenvalue weighted by atomic mass is 32.2. The summed E-state index contributed by atoms with van der Waals surface area (Å²) >= 11 is 3.83. The fourth-order valence-electron chi connectivity index (χ4n) is 8.37. The predicted octanol–water partition coefficient (Wildman–Crippen LogP) is 9.41. The first-order valence-corrected chi connectivity index (χ1v) is 21.5. The second-order valence-electron chi connectivity index (χ2n) is 14.4.